The summed E-state index contributed by atoms with van der Waals surface area (Å²) in [5, 5.41) is 3.41. The molecule has 1 N–H and O–H groups in total. The van der Waals surface area contributed by atoms with Crippen molar-refractivity contribution in [1.82, 2.24) is 9.97 Å². The van der Waals surface area contributed by atoms with Crippen LogP contribution >= 0.6 is 0 Å². The first-order chi connectivity index (χ1) is 10.3. The average molecular weight is 288 g/mol. The summed E-state index contributed by atoms with van der Waals surface area (Å²) in [5.74, 6) is 3.88. The smallest absolute Gasteiger partial charge is 0.134 e. The normalized spacial score (nSPS) is 25.5. The van der Waals surface area contributed by atoms with Gasteiger partial charge in [0, 0.05) is 25.2 Å². The average Bonchev–Trinajstić information content (AvgIpc) is 2.52. The van der Waals surface area contributed by atoms with Crippen LogP contribution in [0.5, 0.6) is 0 Å². The SMILES string of the molecule is CCCNc1cc(N2CCC[C@H]3CCCC[C@H]32)nc(C)n1. The predicted octanol–water partition coefficient (Wildman–Crippen LogP) is 3.77. The number of hydrogen-bond acceptors (Lipinski definition) is 4. The van der Waals surface area contributed by atoms with Gasteiger partial charge in [-0.15, -0.1) is 0 Å². The third-order valence-electron chi connectivity index (χ3n) is 4.92. The first kappa shape index (κ1) is 14.6. The molecule has 0 spiro atoms. The molecule has 1 aromatic heterocycles. The topological polar surface area (TPSA) is 41.0 Å². The number of aryl methyl sites for hydroxylation is 1. The molecule has 2 aliphatic rings. The third-order valence-corrected chi connectivity index (χ3v) is 4.92. The van der Waals surface area contributed by atoms with E-state index in [0.717, 1.165) is 42.9 Å². The summed E-state index contributed by atoms with van der Waals surface area (Å²) in [6.45, 7) is 6.31. The molecule has 1 aliphatic carbocycles. The van der Waals surface area contributed by atoms with Crippen LogP contribution in [0, 0.1) is 12.8 Å². The second-order valence-electron chi connectivity index (χ2n) is 6.53. The van der Waals surface area contributed by atoms with E-state index in [1.165, 1.54) is 38.5 Å². The number of piperidine rings is 1. The number of hydrogen-bond donors (Lipinski definition) is 1. The largest absolute Gasteiger partial charge is 0.370 e. The Kier molecular flexibility index (Phi) is 4.61. The number of fused-ring (bicyclic) bond motifs is 1. The van der Waals surface area contributed by atoms with E-state index in [0.29, 0.717) is 6.04 Å². The lowest BCUT2D eigenvalue weighted by Gasteiger charge is -2.44. The second-order valence-corrected chi connectivity index (χ2v) is 6.53. The zero-order valence-electron chi connectivity index (χ0n) is 13.4. The van der Waals surface area contributed by atoms with Crippen LogP contribution in [-0.2, 0) is 0 Å². The summed E-state index contributed by atoms with van der Waals surface area (Å²) in [7, 11) is 0. The van der Waals surface area contributed by atoms with Crippen LogP contribution in [0.1, 0.15) is 57.7 Å². The fourth-order valence-corrected chi connectivity index (χ4v) is 3.95. The minimum absolute atomic E-state index is 0.709. The van der Waals surface area contributed by atoms with Crippen LogP contribution in [0.4, 0.5) is 11.6 Å². The van der Waals surface area contributed by atoms with Gasteiger partial charge in [-0.2, -0.15) is 0 Å². The fourth-order valence-electron chi connectivity index (χ4n) is 3.95. The van der Waals surface area contributed by atoms with Crippen LogP contribution in [-0.4, -0.2) is 29.1 Å². The van der Waals surface area contributed by atoms with Gasteiger partial charge in [0.25, 0.3) is 0 Å². The Morgan fingerprint density at radius 2 is 2.00 bits per heavy atom. The zero-order chi connectivity index (χ0) is 14.7. The lowest BCUT2D eigenvalue weighted by Crippen LogP contribution is -2.47. The molecular weight excluding hydrogens is 260 g/mol. The maximum atomic E-state index is 4.73. The van der Waals surface area contributed by atoms with Crippen molar-refractivity contribution in [1.29, 1.82) is 0 Å². The monoisotopic (exact) mass is 288 g/mol. The van der Waals surface area contributed by atoms with E-state index in [2.05, 4.69) is 28.2 Å². The van der Waals surface area contributed by atoms with Gasteiger partial charge in [-0.1, -0.05) is 19.8 Å². The van der Waals surface area contributed by atoms with Crippen molar-refractivity contribution in [3.8, 4) is 0 Å². The van der Waals surface area contributed by atoms with Crippen molar-refractivity contribution in [3.63, 3.8) is 0 Å². The Bertz CT molecular complexity index is 472. The number of rotatable bonds is 4. The van der Waals surface area contributed by atoms with Crippen molar-refractivity contribution in [2.75, 3.05) is 23.3 Å². The van der Waals surface area contributed by atoms with E-state index in [4.69, 9.17) is 4.98 Å². The van der Waals surface area contributed by atoms with Crippen molar-refractivity contribution in [2.45, 2.75) is 64.8 Å². The summed E-state index contributed by atoms with van der Waals surface area (Å²) >= 11 is 0. The van der Waals surface area contributed by atoms with Gasteiger partial charge in [0.1, 0.15) is 17.5 Å². The molecule has 116 valence electrons. The van der Waals surface area contributed by atoms with Gasteiger partial charge in [0.2, 0.25) is 0 Å². The van der Waals surface area contributed by atoms with Gasteiger partial charge in [-0.25, -0.2) is 9.97 Å². The highest BCUT2D eigenvalue weighted by Gasteiger charge is 2.34. The van der Waals surface area contributed by atoms with Crippen LogP contribution in [0.3, 0.4) is 0 Å². The first-order valence-corrected chi connectivity index (χ1v) is 8.64. The summed E-state index contributed by atoms with van der Waals surface area (Å²) < 4.78 is 0. The minimum atomic E-state index is 0.709. The van der Waals surface area contributed by atoms with E-state index in [-0.39, 0.29) is 0 Å². The van der Waals surface area contributed by atoms with E-state index >= 15 is 0 Å². The van der Waals surface area contributed by atoms with Crippen molar-refractivity contribution in [3.05, 3.63) is 11.9 Å². The molecule has 2 heterocycles. The third kappa shape index (κ3) is 3.30. The molecule has 0 bridgehead atoms. The molecule has 1 aromatic rings. The fraction of sp³-hybridized carbons (Fsp3) is 0.765. The van der Waals surface area contributed by atoms with Gasteiger partial charge in [-0.3, -0.25) is 0 Å². The lowest BCUT2D eigenvalue weighted by atomic mass is 9.78. The molecule has 0 unspecified atom stereocenters. The van der Waals surface area contributed by atoms with Gasteiger partial charge in [-0.05, 0) is 44.9 Å². The first-order valence-electron chi connectivity index (χ1n) is 8.64. The number of nitrogens with zero attached hydrogens (tertiary/aromatic N) is 3. The Morgan fingerprint density at radius 1 is 1.19 bits per heavy atom. The molecule has 3 rings (SSSR count). The van der Waals surface area contributed by atoms with Crippen LogP contribution in [0.2, 0.25) is 0 Å². The van der Waals surface area contributed by atoms with E-state index in [1.807, 2.05) is 6.92 Å². The summed E-state index contributed by atoms with van der Waals surface area (Å²) in [6.07, 6.45) is 9.38. The Balaban J connectivity index is 1.82. The van der Waals surface area contributed by atoms with Crippen LogP contribution in [0.15, 0.2) is 6.07 Å². The summed E-state index contributed by atoms with van der Waals surface area (Å²) in [5.41, 5.74) is 0. The van der Waals surface area contributed by atoms with Crippen molar-refractivity contribution < 1.29 is 0 Å². The minimum Gasteiger partial charge on any atom is -0.370 e. The molecule has 1 saturated carbocycles. The van der Waals surface area contributed by atoms with Crippen molar-refractivity contribution in [2.24, 2.45) is 5.92 Å². The molecule has 4 nitrogen and oxygen atoms in total. The van der Waals surface area contributed by atoms with E-state index in [1.54, 1.807) is 0 Å². The van der Waals surface area contributed by atoms with Gasteiger partial charge in [0.05, 0.1) is 0 Å². The summed E-state index contributed by atoms with van der Waals surface area (Å²) in [4.78, 5) is 11.8. The highest BCUT2D eigenvalue weighted by atomic mass is 15.2. The Hall–Kier alpha value is -1.32. The molecule has 2 fully saturated rings. The molecule has 1 saturated heterocycles. The van der Waals surface area contributed by atoms with Crippen molar-refractivity contribution >= 4 is 11.6 Å². The molecule has 4 heteroatoms. The quantitative estimate of drug-likeness (QED) is 0.915. The molecule has 21 heavy (non-hydrogen) atoms. The Morgan fingerprint density at radius 3 is 2.86 bits per heavy atom. The maximum absolute atomic E-state index is 4.73. The van der Waals surface area contributed by atoms with Gasteiger partial charge < -0.3 is 10.2 Å². The molecule has 0 radical (unpaired) electrons. The van der Waals surface area contributed by atoms with Gasteiger partial charge >= 0.3 is 0 Å². The second kappa shape index (κ2) is 6.63. The van der Waals surface area contributed by atoms with Gasteiger partial charge in [0.15, 0.2) is 0 Å². The number of nitrogens with one attached hydrogen (secondary N) is 1. The summed E-state index contributed by atoms with van der Waals surface area (Å²) in [6, 6.07) is 2.86. The molecular formula is C17H28N4. The highest BCUT2D eigenvalue weighted by Crippen LogP contribution is 2.37. The van der Waals surface area contributed by atoms with E-state index in [9.17, 15) is 0 Å². The maximum Gasteiger partial charge on any atom is 0.134 e. The molecule has 0 aromatic carbocycles. The molecule has 1 aliphatic heterocycles. The lowest BCUT2D eigenvalue weighted by molar-refractivity contribution is 0.242. The van der Waals surface area contributed by atoms with E-state index < -0.39 is 0 Å². The zero-order valence-corrected chi connectivity index (χ0v) is 13.4. The number of aromatic nitrogens is 2. The van der Waals surface area contributed by atoms with Crippen LogP contribution in [0.25, 0.3) is 0 Å². The highest BCUT2D eigenvalue weighted by molar-refractivity contribution is 5.50. The Labute approximate surface area is 128 Å². The number of anilines is 2. The molecule has 2 atom stereocenters. The molecule has 0 amide bonds. The standard InChI is InChI=1S/C17H28N4/c1-3-10-18-16-12-17(20-13(2)19-16)21-11-6-8-14-7-4-5-9-15(14)21/h12,14-15H,3-11H2,1-2H3,(H,18,19,20)/t14-,15-/m1/s1. The van der Waals surface area contributed by atoms with Crippen LogP contribution < -0.4 is 10.2 Å². The predicted molar refractivity (Wildman–Crippen MR) is 87.9 cm³/mol.